The first-order valence-electron chi connectivity index (χ1n) is 11.3. The van der Waals surface area contributed by atoms with E-state index in [1.165, 1.54) is 24.3 Å². The maximum absolute atomic E-state index is 11.7. The Balaban J connectivity index is 1.31. The summed E-state index contributed by atoms with van der Waals surface area (Å²) in [7, 11) is 0. The zero-order chi connectivity index (χ0) is 25.5. The van der Waals surface area contributed by atoms with Crippen LogP contribution >= 0.6 is 0 Å². The third kappa shape index (κ3) is 6.44. The first kappa shape index (κ1) is 24.4. The molecule has 1 saturated heterocycles. The van der Waals surface area contributed by atoms with Crippen LogP contribution in [-0.4, -0.2) is 30.1 Å². The van der Waals surface area contributed by atoms with Gasteiger partial charge in [0.25, 0.3) is 5.69 Å². The van der Waals surface area contributed by atoms with Crippen LogP contribution in [0, 0.1) is 10.1 Å². The molecule has 3 aromatic rings. The summed E-state index contributed by atoms with van der Waals surface area (Å²) in [5.41, 5.74) is 3.96. The highest BCUT2D eigenvalue weighted by molar-refractivity contribution is 5.87. The summed E-state index contributed by atoms with van der Waals surface area (Å²) in [6, 6.07) is 20.6. The second-order valence-corrected chi connectivity index (χ2v) is 8.25. The molecule has 0 aromatic heterocycles. The third-order valence-corrected chi connectivity index (χ3v) is 5.45. The van der Waals surface area contributed by atoms with Gasteiger partial charge in [0, 0.05) is 36.4 Å². The predicted octanol–water partition coefficient (Wildman–Crippen LogP) is 7.12. The van der Waals surface area contributed by atoms with Gasteiger partial charge in [-0.3, -0.25) is 10.1 Å². The smallest absolute Gasteiger partial charge is 0.333 e. The molecule has 0 spiro atoms. The normalized spacial score (nSPS) is 15.5. The molecule has 1 aliphatic rings. The number of anilines is 1. The fourth-order valence-corrected chi connectivity index (χ4v) is 3.50. The van der Waals surface area contributed by atoms with Gasteiger partial charge in [-0.25, -0.2) is 4.79 Å². The molecule has 1 aliphatic heterocycles. The topological polar surface area (TPSA) is 122 Å². The Morgan fingerprint density at radius 1 is 0.889 bits per heavy atom. The lowest BCUT2D eigenvalue weighted by atomic mass is 10.2. The van der Waals surface area contributed by atoms with Crippen molar-refractivity contribution in [3.8, 4) is 0 Å². The second kappa shape index (κ2) is 11.1. The maximum Gasteiger partial charge on any atom is 0.333 e. The SMILES string of the molecule is C=C(C)C(=O)O[C@@H]1CCN(c2ccc(N=Nc3ccc(N=Nc4ccc([N+](=O)[O-])cc4)cc3)cc2)C1. The Morgan fingerprint density at radius 2 is 1.33 bits per heavy atom. The molecule has 0 saturated carbocycles. The minimum absolute atomic E-state index is 0.00425. The Bertz CT molecular complexity index is 1300. The largest absolute Gasteiger partial charge is 0.457 e. The molecule has 0 amide bonds. The molecule has 4 rings (SSSR count). The number of non-ortho nitro benzene ring substituents is 1. The monoisotopic (exact) mass is 484 g/mol. The number of carbonyl (C=O) groups excluding carboxylic acids is 1. The zero-order valence-corrected chi connectivity index (χ0v) is 19.7. The molecule has 0 unspecified atom stereocenters. The van der Waals surface area contributed by atoms with Crippen molar-refractivity contribution in [1.82, 2.24) is 0 Å². The van der Waals surface area contributed by atoms with E-state index in [-0.39, 0.29) is 17.8 Å². The first-order valence-corrected chi connectivity index (χ1v) is 11.3. The number of nitro benzene ring substituents is 1. The molecule has 10 heteroatoms. The van der Waals surface area contributed by atoms with Gasteiger partial charge in [0.2, 0.25) is 0 Å². The van der Waals surface area contributed by atoms with Crippen molar-refractivity contribution in [3.63, 3.8) is 0 Å². The molecule has 3 aromatic carbocycles. The Labute approximate surface area is 207 Å². The average Bonchev–Trinajstić information content (AvgIpc) is 3.35. The van der Waals surface area contributed by atoms with Crippen molar-refractivity contribution >= 4 is 40.1 Å². The van der Waals surface area contributed by atoms with Crippen LogP contribution in [0.25, 0.3) is 0 Å². The molecule has 36 heavy (non-hydrogen) atoms. The number of benzene rings is 3. The second-order valence-electron chi connectivity index (χ2n) is 8.25. The van der Waals surface area contributed by atoms with E-state index >= 15 is 0 Å². The quantitative estimate of drug-likeness (QED) is 0.111. The lowest BCUT2D eigenvalue weighted by Crippen LogP contribution is -2.24. The predicted molar refractivity (Wildman–Crippen MR) is 136 cm³/mol. The van der Waals surface area contributed by atoms with E-state index in [4.69, 9.17) is 4.74 Å². The molecule has 1 fully saturated rings. The van der Waals surface area contributed by atoms with Gasteiger partial charge in [0.05, 0.1) is 34.2 Å². The third-order valence-electron chi connectivity index (χ3n) is 5.45. The highest BCUT2D eigenvalue weighted by atomic mass is 16.6. The highest BCUT2D eigenvalue weighted by Crippen LogP contribution is 2.27. The van der Waals surface area contributed by atoms with Gasteiger partial charge in [-0.2, -0.15) is 20.5 Å². The molecule has 182 valence electrons. The molecule has 1 heterocycles. The number of esters is 1. The fourth-order valence-electron chi connectivity index (χ4n) is 3.50. The molecule has 10 nitrogen and oxygen atoms in total. The average molecular weight is 485 g/mol. The summed E-state index contributed by atoms with van der Waals surface area (Å²) in [4.78, 5) is 24.1. The van der Waals surface area contributed by atoms with Gasteiger partial charge >= 0.3 is 5.97 Å². The van der Waals surface area contributed by atoms with Gasteiger partial charge < -0.3 is 9.64 Å². The lowest BCUT2D eigenvalue weighted by Gasteiger charge is -2.18. The van der Waals surface area contributed by atoms with Gasteiger partial charge in [-0.1, -0.05) is 6.58 Å². The molecular weight excluding hydrogens is 460 g/mol. The van der Waals surface area contributed by atoms with E-state index in [0.717, 1.165) is 18.7 Å². The summed E-state index contributed by atoms with van der Waals surface area (Å²) in [6.07, 6.45) is 0.648. The Hall–Kier alpha value is -4.73. The van der Waals surface area contributed by atoms with Crippen LogP contribution in [0.15, 0.2) is 105 Å². The molecule has 1 atom stereocenters. The number of hydrogen-bond donors (Lipinski definition) is 0. The van der Waals surface area contributed by atoms with Crippen molar-refractivity contribution in [2.45, 2.75) is 19.4 Å². The van der Waals surface area contributed by atoms with Gasteiger partial charge in [0.1, 0.15) is 6.10 Å². The summed E-state index contributed by atoms with van der Waals surface area (Å²) < 4.78 is 5.45. The van der Waals surface area contributed by atoms with Crippen molar-refractivity contribution in [2.75, 3.05) is 18.0 Å². The summed E-state index contributed by atoms with van der Waals surface area (Å²) in [6.45, 7) is 6.72. The van der Waals surface area contributed by atoms with E-state index < -0.39 is 4.92 Å². The van der Waals surface area contributed by atoms with Gasteiger partial charge in [-0.15, -0.1) is 0 Å². The number of hydrogen-bond acceptors (Lipinski definition) is 9. The summed E-state index contributed by atoms with van der Waals surface area (Å²) >= 11 is 0. The van der Waals surface area contributed by atoms with Gasteiger partial charge in [0.15, 0.2) is 0 Å². The number of rotatable bonds is 8. The van der Waals surface area contributed by atoms with Crippen LogP contribution in [0.4, 0.5) is 34.1 Å². The molecule has 0 bridgehead atoms. The fraction of sp³-hybridized carbons (Fsp3) is 0.192. The van der Waals surface area contributed by atoms with Crippen LogP contribution in [-0.2, 0) is 9.53 Å². The van der Waals surface area contributed by atoms with Gasteiger partial charge in [-0.05, 0) is 67.6 Å². The van der Waals surface area contributed by atoms with Crippen molar-refractivity contribution in [2.24, 2.45) is 20.5 Å². The molecule has 0 aliphatic carbocycles. The minimum atomic E-state index is -0.461. The number of azo groups is 2. The van der Waals surface area contributed by atoms with E-state index in [9.17, 15) is 14.9 Å². The molecule has 0 radical (unpaired) electrons. The standard InChI is InChI=1S/C26H24N6O4/c1-18(2)26(33)36-25-15-16-31(17-25)23-11-7-21(8-12-23)29-27-19-3-5-20(6-4-19)28-30-22-9-13-24(14-10-22)32(34)35/h3-14,25H,1,15-17H2,2H3/t25-/m1/s1. The highest BCUT2D eigenvalue weighted by Gasteiger charge is 2.26. The summed E-state index contributed by atoms with van der Waals surface area (Å²) in [5, 5.41) is 27.5. The number of nitro groups is 1. The Morgan fingerprint density at radius 3 is 1.78 bits per heavy atom. The van der Waals surface area contributed by atoms with Crippen molar-refractivity contribution < 1.29 is 14.5 Å². The lowest BCUT2D eigenvalue weighted by molar-refractivity contribution is -0.384. The van der Waals surface area contributed by atoms with Crippen LogP contribution < -0.4 is 4.90 Å². The van der Waals surface area contributed by atoms with Crippen molar-refractivity contribution in [3.05, 3.63) is 95.1 Å². The van der Waals surface area contributed by atoms with E-state index in [1.54, 1.807) is 31.2 Å². The van der Waals surface area contributed by atoms with Crippen LogP contribution in [0.5, 0.6) is 0 Å². The first-order chi connectivity index (χ1) is 17.4. The minimum Gasteiger partial charge on any atom is -0.457 e. The van der Waals surface area contributed by atoms with Crippen molar-refractivity contribution in [1.29, 1.82) is 0 Å². The van der Waals surface area contributed by atoms with E-state index in [0.29, 0.717) is 34.9 Å². The molecular formula is C26H24N6O4. The molecule has 0 N–H and O–H groups in total. The number of ether oxygens (including phenoxy) is 1. The van der Waals surface area contributed by atoms with E-state index in [1.807, 2.05) is 24.3 Å². The Kier molecular flexibility index (Phi) is 7.54. The van der Waals surface area contributed by atoms with Crippen LogP contribution in [0.1, 0.15) is 13.3 Å². The summed E-state index contributed by atoms with van der Waals surface area (Å²) in [5.74, 6) is -0.349. The van der Waals surface area contributed by atoms with E-state index in [2.05, 4.69) is 31.9 Å². The zero-order valence-electron chi connectivity index (χ0n) is 19.7. The number of carbonyl (C=O) groups is 1. The van der Waals surface area contributed by atoms with Crippen LogP contribution in [0.2, 0.25) is 0 Å². The number of nitrogens with zero attached hydrogens (tertiary/aromatic N) is 6. The van der Waals surface area contributed by atoms with Crippen LogP contribution in [0.3, 0.4) is 0 Å². The maximum atomic E-state index is 11.7.